The van der Waals surface area contributed by atoms with Crippen LogP contribution in [0.2, 0.25) is 0 Å². The smallest absolute Gasteiger partial charge is 0.274 e. The van der Waals surface area contributed by atoms with Gasteiger partial charge in [-0.25, -0.2) is 9.87 Å². The molecule has 0 radical (unpaired) electrons. The highest BCUT2D eigenvalue weighted by atomic mass is 19.1. The molecule has 0 saturated carbocycles. The molecule has 0 saturated heterocycles. The van der Waals surface area contributed by atoms with Crippen molar-refractivity contribution in [3.05, 3.63) is 60.0 Å². The number of rotatable bonds is 6. The molecule has 3 rings (SSSR count). The summed E-state index contributed by atoms with van der Waals surface area (Å²) in [5.41, 5.74) is 5.07. The van der Waals surface area contributed by atoms with Gasteiger partial charge in [0.1, 0.15) is 18.5 Å². The lowest BCUT2D eigenvalue weighted by Crippen LogP contribution is -2.29. The predicted molar refractivity (Wildman–Crippen MR) is 90.2 cm³/mol. The molecule has 0 aliphatic rings. The summed E-state index contributed by atoms with van der Waals surface area (Å²) in [5, 5.41) is 18.7. The SMILES string of the molecule is O=C(NOCC(O)CO)c1ccc(-c2c[nH]c3cc(F)ccc23)cc1. The molecule has 4 N–H and O–H groups in total. The Morgan fingerprint density at radius 1 is 1.24 bits per heavy atom. The van der Waals surface area contributed by atoms with Crippen LogP contribution in [0.15, 0.2) is 48.7 Å². The fourth-order valence-corrected chi connectivity index (χ4v) is 2.45. The second kappa shape index (κ2) is 7.43. The molecule has 25 heavy (non-hydrogen) atoms. The Balaban J connectivity index is 1.72. The standard InChI is InChI=1S/C18H17FN2O4/c19-13-5-6-15-16(8-20-17(15)7-13)11-1-3-12(4-2-11)18(24)21-25-10-14(23)9-22/h1-8,14,20,22-23H,9-10H2,(H,21,24). The Kier molecular flexibility index (Phi) is 5.08. The maximum absolute atomic E-state index is 13.3. The van der Waals surface area contributed by atoms with E-state index in [9.17, 15) is 9.18 Å². The summed E-state index contributed by atoms with van der Waals surface area (Å²) in [6.45, 7) is -0.648. The fourth-order valence-electron chi connectivity index (χ4n) is 2.45. The minimum Gasteiger partial charge on any atom is -0.394 e. The molecule has 2 aromatic carbocycles. The van der Waals surface area contributed by atoms with Crippen molar-refractivity contribution >= 4 is 16.8 Å². The zero-order valence-electron chi connectivity index (χ0n) is 13.2. The maximum Gasteiger partial charge on any atom is 0.274 e. The molecule has 1 atom stereocenters. The number of hydrogen-bond donors (Lipinski definition) is 4. The third-order valence-corrected chi connectivity index (χ3v) is 3.75. The zero-order valence-corrected chi connectivity index (χ0v) is 13.2. The van der Waals surface area contributed by atoms with Gasteiger partial charge in [-0.05, 0) is 35.9 Å². The Morgan fingerprint density at radius 3 is 2.72 bits per heavy atom. The van der Waals surface area contributed by atoms with Crippen LogP contribution >= 0.6 is 0 Å². The average Bonchev–Trinajstić information content (AvgIpc) is 3.04. The Bertz CT molecular complexity index is 876. The molecule has 0 fully saturated rings. The maximum atomic E-state index is 13.3. The number of benzene rings is 2. The number of carbonyl (C=O) groups excluding carboxylic acids is 1. The molecule has 0 bridgehead atoms. The molecule has 0 aliphatic carbocycles. The molecule has 7 heteroatoms. The number of aromatic nitrogens is 1. The van der Waals surface area contributed by atoms with Crippen molar-refractivity contribution in [3.63, 3.8) is 0 Å². The molecule has 1 aromatic heterocycles. The van der Waals surface area contributed by atoms with Gasteiger partial charge in [0, 0.05) is 28.2 Å². The number of aromatic amines is 1. The van der Waals surface area contributed by atoms with Gasteiger partial charge in [0.25, 0.3) is 5.91 Å². The number of aliphatic hydroxyl groups is 2. The zero-order chi connectivity index (χ0) is 17.8. The van der Waals surface area contributed by atoms with Gasteiger partial charge in [0.2, 0.25) is 0 Å². The van der Waals surface area contributed by atoms with Crippen molar-refractivity contribution in [3.8, 4) is 11.1 Å². The number of hydroxylamine groups is 1. The largest absolute Gasteiger partial charge is 0.394 e. The highest BCUT2D eigenvalue weighted by molar-refractivity contribution is 5.97. The lowest BCUT2D eigenvalue weighted by Gasteiger charge is -2.09. The first kappa shape index (κ1) is 17.1. The molecule has 0 spiro atoms. The third-order valence-electron chi connectivity index (χ3n) is 3.75. The number of hydrogen-bond acceptors (Lipinski definition) is 4. The van der Waals surface area contributed by atoms with Gasteiger partial charge >= 0.3 is 0 Å². The predicted octanol–water partition coefficient (Wildman–Crippen LogP) is 1.99. The van der Waals surface area contributed by atoms with E-state index in [1.165, 1.54) is 12.1 Å². The minimum absolute atomic E-state index is 0.202. The number of nitrogens with one attached hydrogen (secondary N) is 2. The van der Waals surface area contributed by atoms with Gasteiger partial charge in [-0.15, -0.1) is 0 Å². The normalized spacial score (nSPS) is 12.3. The summed E-state index contributed by atoms with van der Waals surface area (Å²) in [6, 6.07) is 11.4. The summed E-state index contributed by atoms with van der Waals surface area (Å²) in [7, 11) is 0. The minimum atomic E-state index is -1.05. The van der Waals surface area contributed by atoms with Gasteiger partial charge in [-0.3, -0.25) is 9.63 Å². The van der Waals surface area contributed by atoms with Crippen molar-refractivity contribution in [2.24, 2.45) is 0 Å². The summed E-state index contributed by atoms with van der Waals surface area (Å²) < 4.78 is 13.3. The first-order valence-corrected chi connectivity index (χ1v) is 7.66. The number of halogens is 1. The Hall–Kier alpha value is -2.74. The van der Waals surface area contributed by atoms with Crippen LogP contribution in [0.3, 0.4) is 0 Å². The van der Waals surface area contributed by atoms with E-state index in [0.717, 1.165) is 16.5 Å². The van der Waals surface area contributed by atoms with E-state index < -0.39 is 18.6 Å². The molecule has 3 aromatic rings. The molecule has 6 nitrogen and oxygen atoms in total. The van der Waals surface area contributed by atoms with Crippen molar-refractivity contribution in [2.75, 3.05) is 13.2 Å². The molecule has 0 aliphatic heterocycles. The lowest BCUT2D eigenvalue weighted by atomic mass is 10.0. The molecule has 1 unspecified atom stereocenters. The van der Waals surface area contributed by atoms with Crippen LogP contribution in [-0.2, 0) is 4.84 Å². The molecular formula is C18H17FN2O4. The number of aliphatic hydroxyl groups excluding tert-OH is 2. The van der Waals surface area contributed by atoms with Crippen molar-refractivity contribution in [2.45, 2.75) is 6.10 Å². The Labute approximate surface area is 142 Å². The van der Waals surface area contributed by atoms with Crippen LogP contribution in [0.25, 0.3) is 22.0 Å². The van der Waals surface area contributed by atoms with Crippen molar-refractivity contribution < 1.29 is 24.2 Å². The van der Waals surface area contributed by atoms with E-state index >= 15 is 0 Å². The topological polar surface area (TPSA) is 94.6 Å². The molecule has 1 heterocycles. The van der Waals surface area contributed by atoms with Crippen molar-refractivity contribution in [1.82, 2.24) is 10.5 Å². The third kappa shape index (κ3) is 3.85. The Morgan fingerprint density at radius 2 is 2.00 bits per heavy atom. The summed E-state index contributed by atoms with van der Waals surface area (Å²) in [5.74, 6) is -0.767. The number of fused-ring (bicyclic) bond motifs is 1. The fraction of sp³-hybridized carbons (Fsp3) is 0.167. The van der Waals surface area contributed by atoms with E-state index in [-0.39, 0.29) is 12.4 Å². The molecule has 1 amide bonds. The molecule has 130 valence electrons. The van der Waals surface area contributed by atoms with Gasteiger partial charge in [-0.2, -0.15) is 0 Å². The van der Waals surface area contributed by atoms with Crippen LogP contribution in [-0.4, -0.2) is 40.4 Å². The van der Waals surface area contributed by atoms with E-state index in [1.54, 1.807) is 36.5 Å². The second-order valence-corrected chi connectivity index (χ2v) is 5.55. The second-order valence-electron chi connectivity index (χ2n) is 5.55. The van der Waals surface area contributed by atoms with E-state index in [2.05, 4.69) is 10.5 Å². The van der Waals surface area contributed by atoms with Crippen LogP contribution in [0.4, 0.5) is 4.39 Å². The first-order chi connectivity index (χ1) is 12.1. The number of H-pyrrole nitrogens is 1. The van der Waals surface area contributed by atoms with Gasteiger partial charge < -0.3 is 15.2 Å². The van der Waals surface area contributed by atoms with Gasteiger partial charge in [0.15, 0.2) is 0 Å². The van der Waals surface area contributed by atoms with E-state index in [4.69, 9.17) is 15.1 Å². The van der Waals surface area contributed by atoms with E-state index in [0.29, 0.717) is 11.1 Å². The van der Waals surface area contributed by atoms with Crippen LogP contribution in [0, 0.1) is 5.82 Å². The highest BCUT2D eigenvalue weighted by Crippen LogP contribution is 2.29. The highest BCUT2D eigenvalue weighted by Gasteiger charge is 2.10. The van der Waals surface area contributed by atoms with E-state index in [1.807, 2.05) is 0 Å². The van der Waals surface area contributed by atoms with Gasteiger partial charge in [-0.1, -0.05) is 12.1 Å². The average molecular weight is 344 g/mol. The van der Waals surface area contributed by atoms with Crippen LogP contribution < -0.4 is 5.48 Å². The number of amides is 1. The molecular weight excluding hydrogens is 327 g/mol. The quantitative estimate of drug-likeness (QED) is 0.514. The number of carbonyl (C=O) groups is 1. The lowest BCUT2D eigenvalue weighted by molar-refractivity contribution is -0.0295. The van der Waals surface area contributed by atoms with Crippen molar-refractivity contribution in [1.29, 1.82) is 0 Å². The summed E-state index contributed by atoms with van der Waals surface area (Å²) in [6.07, 6.45) is 0.743. The first-order valence-electron chi connectivity index (χ1n) is 7.66. The summed E-state index contributed by atoms with van der Waals surface area (Å²) in [4.78, 5) is 19.8. The van der Waals surface area contributed by atoms with Crippen LogP contribution in [0.1, 0.15) is 10.4 Å². The summed E-state index contributed by atoms with van der Waals surface area (Å²) >= 11 is 0. The monoisotopic (exact) mass is 344 g/mol. The van der Waals surface area contributed by atoms with Crippen LogP contribution in [0.5, 0.6) is 0 Å². The van der Waals surface area contributed by atoms with Gasteiger partial charge in [0.05, 0.1) is 6.61 Å².